The number of oxazole rings is 1. The molecule has 1 unspecified atom stereocenters. The highest BCUT2D eigenvalue weighted by atomic mass is 16.4. The number of carbonyl (C=O) groups is 2. The monoisotopic (exact) mass is 302 g/mol. The van der Waals surface area contributed by atoms with Crippen molar-refractivity contribution in [2.24, 2.45) is 0 Å². The van der Waals surface area contributed by atoms with Crippen molar-refractivity contribution in [1.82, 2.24) is 9.88 Å². The minimum absolute atomic E-state index is 0.173. The molecule has 0 aliphatic heterocycles. The van der Waals surface area contributed by atoms with Crippen molar-refractivity contribution in [3.8, 4) is 0 Å². The van der Waals surface area contributed by atoms with Crippen LogP contribution < -0.4 is 0 Å². The van der Waals surface area contributed by atoms with Gasteiger partial charge in [-0.1, -0.05) is 37.3 Å². The molecule has 1 N–H and O–H groups in total. The fourth-order valence-corrected chi connectivity index (χ4v) is 2.13. The number of benzene rings is 1. The van der Waals surface area contributed by atoms with Gasteiger partial charge in [-0.2, -0.15) is 0 Å². The highest BCUT2D eigenvalue weighted by molar-refractivity contribution is 5.95. The van der Waals surface area contributed by atoms with Crippen molar-refractivity contribution < 1.29 is 19.1 Å². The van der Waals surface area contributed by atoms with Crippen LogP contribution in [0.3, 0.4) is 0 Å². The zero-order valence-corrected chi connectivity index (χ0v) is 12.5. The molecule has 2 rings (SSSR count). The van der Waals surface area contributed by atoms with Gasteiger partial charge in [-0.25, -0.2) is 9.78 Å². The van der Waals surface area contributed by atoms with Gasteiger partial charge in [-0.05, 0) is 12.5 Å². The zero-order chi connectivity index (χ0) is 16.1. The van der Waals surface area contributed by atoms with Crippen molar-refractivity contribution >= 4 is 11.9 Å². The average molecular weight is 302 g/mol. The summed E-state index contributed by atoms with van der Waals surface area (Å²) in [6.45, 7) is 3.53. The van der Waals surface area contributed by atoms with Gasteiger partial charge in [0.15, 0.2) is 12.1 Å². The van der Waals surface area contributed by atoms with Gasteiger partial charge in [0.1, 0.15) is 11.8 Å². The highest BCUT2D eigenvalue weighted by Crippen LogP contribution is 2.16. The standard InChI is InChI=1S/C16H18N2O4/c1-3-13-14(17-10-22-13)15(19)18(11(2)16(20)21)9-12-7-5-4-6-8-12/h4-8,10-11H,3,9H2,1-2H3,(H,20,21). The molecule has 116 valence electrons. The Labute approximate surface area is 128 Å². The number of nitrogens with zero attached hydrogens (tertiary/aromatic N) is 2. The summed E-state index contributed by atoms with van der Waals surface area (Å²) in [5.41, 5.74) is 1.03. The second-order valence-corrected chi connectivity index (χ2v) is 4.91. The fourth-order valence-electron chi connectivity index (χ4n) is 2.13. The van der Waals surface area contributed by atoms with Crippen molar-refractivity contribution in [3.05, 3.63) is 53.7 Å². The van der Waals surface area contributed by atoms with Gasteiger partial charge in [0.05, 0.1) is 0 Å². The second-order valence-electron chi connectivity index (χ2n) is 4.91. The number of aromatic nitrogens is 1. The van der Waals surface area contributed by atoms with Crippen LogP contribution in [-0.4, -0.2) is 32.9 Å². The predicted octanol–water partition coefficient (Wildman–Crippen LogP) is 2.35. The largest absolute Gasteiger partial charge is 0.480 e. The van der Waals surface area contributed by atoms with Crippen molar-refractivity contribution in [2.75, 3.05) is 0 Å². The lowest BCUT2D eigenvalue weighted by Gasteiger charge is -2.26. The maximum atomic E-state index is 12.7. The Balaban J connectivity index is 2.32. The fraction of sp³-hybridized carbons (Fsp3) is 0.312. The number of amides is 1. The van der Waals surface area contributed by atoms with Crippen LogP contribution in [0.1, 0.15) is 35.7 Å². The molecule has 1 aromatic heterocycles. The SMILES string of the molecule is CCc1ocnc1C(=O)N(Cc1ccccc1)C(C)C(=O)O. The van der Waals surface area contributed by atoms with Gasteiger partial charge in [0, 0.05) is 13.0 Å². The zero-order valence-electron chi connectivity index (χ0n) is 12.5. The first-order valence-electron chi connectivity index (χ1n) is 7.04. The van der Waals surface area contributed by atoms with Crippen LogP contribution in [-0.2, 0) is 17.8 Å². The van der Waals surface area contributed by atoms with Crippen LogP contribution in [0.2, 0.25) is 0 Å². The second kappa shape index (κ2) is 6.89. The molecule has 1 amide bonds. The first-order chi connectivity index (χ1) is 10.5. The molecular formula is C16H18N2O4. The molecule has 1 aromatic carbocycles. The molecular weight excluding hydrogens is 284 g/mol. The maximum Gasteiger partial charge on any atom is 0.326 e. The van der Waals surface area contributed by atoms with E-state index in [1.54, 1.807) is 0 Å². The van der Waals surface area contributed by atoms with E-state index in [9.17, 15) is 14.7 Å². The predicted molar refractivity (Wildman–Crippen MR) is 79.3 cm³/mol. The Kier molecular flexibility index (Phi) is 4.93. The Bertz CT molecular complexity index is 651. The van der Waals surface area contributed by atoms with E-state index in [2.05, 4.69) is 4.98 Å². The molecule has 0 bridgehead atoms. The minimum Gasteiger partial charge on any atom is -0.480 e. The lowest BCUT2D eigenvalue weighted by atomic mass is 10.1. The smallest absolute Gasteiger partial charge is 0.326 e. The molecule has 0 aliphatic carbocycles. The Morgan fingerprint density at radius 2 is 2.00 bits per heavy atom. The molecule has 0 radical (unpaired) electrons. The van der Waals surface area contributed by atoms with E-state index in [0.717, 1.165) is 5.56 Å². The lowest BCUT2D eigenvalue weighted by molar-refractivity contribution is -0.141. The summed E-state index contributed by atoms with van der Waals surface area (Å²) >= 11 is 0. The summed E-state index contributed by atoms with van der Waals surface area (Å²) in [5.74, 6) is -1.05. The van der Waals surface area contributed by atoms with E-state index in [1.165, 1.54) is 18.2 Å². The molecule has 2 aromatic rings. The highest BCUT2D eigenvalue weighted by Gasteiger charge is 2.29. The van der Waals surface area contributed by atoms with Crippen LogP contribution in [0.4, 0.5) is 0 Å². The maximum absolute atomic E-state index is 12.7. The summed E-state index contributed by atoms with van der Waals surface area (Å²) in [6, 6.07) is 8.28. The van der Waals surface area contributed by atoms with Gasteiger partial charge in [0.2, 0.25) is 0 Å². The number of carbonyl (C=O) groups excluding carboxylic acids is 1. The number of rotatable bonds is 6. The number of hydrogen-bond acceptors (Lipinski definition) is 4. The summed E-state index contributed by atoms with van der Waals surface area (Å²) in [5, 5.41) is 9.27. The molecule has 0 aliphatic rings. The van der Waals surface area contributed by atoms with Gasteiger partial charge in [-0.3, -0.25) is 4.79 Å². The first-order valence-corrected chi connectivity index (χ1v) is 7.04. The normalized spacial score (nSPS) is 11.9. The molecule has 0 saturated carbocycles. The molecule has 0 fully saturated rings. The Morgan fingerprint density at radius 1 is 1.32 bits per heavy atom. The number of aryl methyl sites for hydroxylation is 1. The quantitative estimate of drug-likeness (QED) is 0.885. The van der Waals surface area contributed by atoms with Crippen LogP contribution in [0.15, 0.2) is 41.1 Å². The minimum atomic E-state index is -1.06. The summed E-state index contributed by atoms with van der Waals surface area (Å²) in [7, 11) is 0. The summed E-state index contributed by atoms with van der Waals surface area (Å²) in [6.07, 6.45) is 1.72. The molecule has 1 atom stereocenters. The van der Waals surface area contributed by atoms with E-state index in [1.807, 2.05) is 37.3 Å². The van der Waals surface area contributed by atoms with Crippen LogP contribution in [0.5, 0.6) is 0 Å². The summed E-state index contributed by atoms with van der Waals surface area (Å²) in [4.78, 5) is 29.2. The van der Waals surface area contributed by atoms with Gasteiger partial charge in [-0.15, -0.1) is 0 Å². The molecule has 22 heavy (non-hydrogen) atoms. The lowest BCUT2D eigenvalue weighted by Crippen LogP contribution is -2.43. The van der Waals surface area contributed by atoms with Gasteiger partial charge >= 0.3 is 5.97 Å². The topological polar surface area (TPSA) is 83.6 Å². The third-order valence-electron chi connectivity index (χ3n) is 3.45. The molecule has 6 nitrogen and oxygen atoms in total. The Morgan fingerprint density at radius 3 is 2.59 bits per heavy atom. The van der Waals surface area contributed by atoms with Crippen molar-refractivity contribution in [3.63, 3.8) is 0 Å². The van der Waals surface area contributed by atoms with Gasteiger partial charge in [0.25, 0.3) is 5.91 Å². The number of aliphatic carboxylic acids is 1. The third-order valence-corrected chi connectivity index (χ3v) is 3.45. The molecule has 0 spiro atoms. The first kappa shape index (κ1) is 15.8. The van der Waals surface area contributed by atoms with Crippen molar-refractivity contribution in [1.29, 1.82) is 0 Å². The number of carboxylic acids is 1. The van der Waals surface area contributed by atoms with E-state index in [0.29, 0.717) is 12.2 Å². The molecule has 0 saturated heterocycles. The Hall–Kier alpha value is -2.63. The number of hydrogen-bond donors (Lipinski definition) is 1. The van der Waals surface area contributed by atoms with E-state index in [-0.39, 0.29) is 12.2 Å². The van der Waals surface area contributed by atoms with Crippen LogP contribution in [0.25, 0.3) is 0 Å². The summed E-state index contributed by atoms with van der Waals surface area (Å²) < 4.78 is 5.17. The molecule has 1 heterocycles. The third kappa shape index (κ3) is 3.33. The average Bonchev–Trinajstić information content (AvgIpc) is 3.00. The van der Waals surface area contributed by atoms with Gasteiger partial charge < -0.3 is 14.4 Å². The van der Waals surface area contributed by atoms with E-state index < -0.39 is 17.9 Å². The van der Waals surface area contributed by atoms with Crippen LogP contribution >= 0.6 is 0 Å². The number of carboxylic acid groups (broad SMARTS) is 1. The van der Waals surface area contributed by atoms with Crippen molar-refractivity contribution in [2.45, 2.75) is 32.9 Å². The van der Waals surface area contributed by atoms with E-state index >= 15 is 0 Å². The molecule has 6 heteroatoms. The van der Waals surface area contributed by atoms with Crippen LogP contribution in [0, 0.1) is 0 Å². The van der Waals surface area contributed by atoms with E-state index in [4.69, 9.17) is 4.42 Å².